The number of carboxylic acid groups (broad SMARTS) is 1. The van der Waals surface area contributed by atoms with Crippen LogP contribution in [0.15, 0.2) is 18.2 Å². The summed E-state index contributed by atoms with van der Waals surface area (Å²) in [6, 6.07) is 4.90. The van der Waals surface area contributed by atoms with E-state index in [1.165, 1.54) is 0 Å². The first-order valence-electron chi connectivity index (χ1n) is 6.16. The van der Waals surface area contributed by atoms with Crippen LogP contribution in [0.25, 0.3) is 0 Å². The van der Waals surface area contributed by atoms with Crippen LogP contribution in [0.5, 0.6) is 0 Å². The second kappa shape index (κ2) is 8.66. The molecule has 3 N–H and O–H groups in total. The average molecular weight is 319 g/mol. The van der Waals surface area contributed by atoms with E-state index in [0.29, 0.717) is 36.0 Å². The Morgan fingerprint density at radius 3 is 2.50 bits per heavy atom. The monoisotopic (exact) mass is 318 g/mol. The van der Waals surface area contributed by atoms with E-state index in [0.717, 1.165) is 5.56 Å². The SMILES string of the molecule is O=C(O)CCCNC(=O)NCCc1ccc(Cl)cc1Cl. The lowest BCUT2D eigenvalue weighted by Gasteiger charge is -2.08. The van der Waals surface area contributed by atoms with Crippen molar-refractivity contribution in [1.82, 2.24) is 10.6 Å². The van der Waals surface area contributed by atoms with Gasteiger partial charge in [0.1, 0.15) is 0 Å². The maximum atomic E-state index is 11.4. The summed E-state index contributed by atoms with van der Waals surface area (Å²) in [5.41, 5.74) is 0.905. The van der Waals surface area contributed by atoms with Crippen LogP contribution in [0.1, 0.15) is 18.4 Å². The van der Waals surface area contributed by atoms with Gasteiger partial charge in [-0.1, -0.05) is 29.3 Å². The number of hydrogen-bond donors (Lipinski definition) is 3. The first-order chi connectivity index (χ1) is 9.49. The van der Waals surface area contributed by atoms with Crippen molar-refractivity contribution in [2.45, 2.75) is 19.3 Å². The smallest absolute Gasteiger partial charge is 0.314 e. The van der Waals surface area contributed by atoms with Gasteiger partial charge >= 0.3 is 12.0 Å². The summed E-state index contributed by atoms with van der Waals surface area (Å²) in [5.74, 6) is -0.871. The standard InChI is InChI=1S/C13H16Cl2N2O3/c14-10-4-3-9(11(15)8-10)5-7-17-13(20)16-6-1-2-12(18)19/h3-4,8H,1-2,5-7H2,(H,18,19)(H2,16,17,20). The molecule has 20 heavy (non-hydrogen) atoms. The number of carboxylic acids is 1. The minimum absolute atomic E-state index is 0.0423. The molecule has 0 radical (unpaired) electrons. The highest BCUT2D eigenvalue weighted by Crippen LogP contribution is 2.20. The number of aliphatic carboxylic acids is 1. The molecule has 1 aromatic carbocycles. The Balaban J connectivity index is 2.20. The lowest BCUT2D eigenvalue weighted by molar-refractivity contribution is -0.137. The highest BCUT2D eigenvalue weighted by atomic mass is 35.5. The highest BCUT2D eigenvalue weighted by molar-refractivity contribution is 6.35. The molecule has 110 valence electrons. The molecule has 0 aromatic heterocycles. The van der Waals surface area contributed by atoms with Crippen molar-refractivity contribution >= 4 is 35.2 Å². The number of halogens is 2. The molecule has 0 saturated carbocycles. The van der Waals surface area contributed by atoms with Crippen LogP contribution in [0.2, 0.25) is 10.0 Å². The molecule has 0 aliphatic rings. The fourth-order valence-corrected chi connectivity index (χ4v) is 2.04. The van der Waals surface area contributed by atoms with Crippen molar-refractivity contribution in [1.29, 1.82) is 0 Å². The van der Waals surface area contributed by atoms with Gasteiger partial charge in [-0.05, 0) is 30.5 Å². The summed E-state index contributed by atoms with van der Waals surface area (Å²) in [6.07, 6.45) is 1.05. The summed E-state index contributed by atoms with van der Waals surface area (Å²) in [6.45, 7) is 0.770. The molecule has 0 unspecified atom stereocenters. The molecular weight excluding hydrogens is 303 g/mol. The van der Waals surface area contributed by atoms with Gasteiger partial charge in [0.05, 0.1) is 0 Å². The summed E-state index contributed by atoms with van der Waals surface area (Å²) in [7, 11) is 0. The lowest BCUT2D eigenvalue weighted by atomic mass is 10.1. The normalized spacial score (nSPS) is 10.1. The fourth-order valence-electron chi connectivity index (χ4n) is 1.54. The minimum Gasteiger partial charge on any atom is -0.481 e. The Bertz CT molecular complexity index is 481. The highest BCUT2D eigenvalue weighted by Gasteiger charge is 2.03. The van der Waals surface area contributed by atoms with E-state index in [1.54, 1.807) is 12.1 Å². The number of carbonyl (C=O) groups is 2. The Labute approximate surface area is 127 Å². The van der Waals surface area contributed by atoms with Crippen LogP contribution in [0.4, 0.5) is 4.79 Å². The molecule has 2 amide bonds. The Morgan fingerprint density at radius 2 is 1.85 bits per heavy atom. The zero-order valence-electron chi connectivity index (χ0n) is 10.8. The maximum Gasteiger partial charge on any atom is 0.314 e. The predicted octanol–water partition coefficient (Wildman–Crippen LogP) is 2.70. The number of hydrogen-bond acceptors (Lipinski definition) is 2. The lowest BCUT2D eigenvalue weighted by Crippen LogP contribution is -2.37. The maximum absolute atomic E-state index is 11.4. The van der Waals surface area contributed by atoms with Gasteiger partial charge in [0.25, 0.3) is 0 Å². The van der Waals surface area contributed by atoms with Crippen molar-refractivity contribution in [3.63, 3.8) is 0 Å². The van der Waals surface area contributed by atoms with Gasteiger partial charge < -0.3 is 15.7 Å². The van der Waals surface area contributed by atoms with Crippen LogP contribution < -0.4 is 10.6 Å². The van der Waals surface area contributed by atoms with E-state index in [4.69, 9.17) is 28.3 Å². The van der Waals surface area contributed by atoms with Gasteiger partial charge in [-0.2, -0.15) is 0 Å². The van der Waals surface area contributed by atoms with Crippen LogP contribution in [0.3, 0.4) is 0 Å². The van der Waals surface area contributed by atoms with Crippen molar-refractivity contribution in [2.75, 3.05) is 13.1 Å². The third-order valence-electron chi connectivity index (χ3n) is 2.55. The number of nitrogens with one attached hydrogen (secondary N) is 2. The van der Waals surface area contributed by atoms with E-state index in [2.05, 4.69) is 10.6 Å². The van der Waals surface area contributed by atoms with E-state index in [9.17, 15) is 9.59 Å². The molecule has 5 nitrogen and oxygen atoms in total. The zero-order valence-corrected chi connectivity index (χ0v) is 12.3. The number of rotatable bonds is 7. The molecule has 0 spiro atoms. The van der Waals surface area contributed by atoms with Crippen LogP contribution in [-0.2, 0) is 11.2 Å². The molecule has 0 saturated heterocycles. The van der Waals surface area contributed by atoms with E-state index < -0.39 is 5.97 Å². The van der Waals surface area contributed by atoms with Gasteiger partial charge in [0.2, 0.25) is 0 Å². The molecular formula is C13H16Cl2N2O3. The predicted molar refractivity (Wildman–Crippen MR) is 78.4 cm³/mol. The summed E-state index contributed by atoms with van der Waals surface area (Å²) >= 11 is 11.8. The van der Waals surface area contributed by atoms with Gasteiger partial charge in [-0.3, -0.25) is 4.79 Å². The fraction of sp³-hybridized carbons (Fsp3) is 0.385. The minimum atomic E-state index is -0.871. The zero-order chi connectivity index (χ0) is 15.0. The van der Waals surface area contributed by atoms with Crippen molar-refractivity contribution in [3.8, 4) is 0 Å². The number of carbonyl (C=O) groups excluding carboxylic acids is 1. The van der Waals surface area contributed by atoms with Crippen LogP contribution >= 0.6 is 23.2 Å². The second-order valence-electron chi connectivity index (χ2n) is 4.17. The van der Waals surface area contributed by atoms with Gasteiger partial charge in [0.15, 0.2) is 0 Å². The molecule has 0 aliphatic carbocycles. The largest absolute Gasteiger partial charge is 0.481 e. The molecule has 0 fully saturated rings. The van der Waals surface area contributed by atoms with Gasteiger partial charge in [0, 0.05) is 29.6 Å². The third-order valence-corrected chi connectivity index (χ3v) is 3.13. The molecule has 0 atom stereocenters. The van der Waals surface area contributed by atoms with Crippen LogP contribution in [0, 0.1) is 0 Å². The van der Waals surface area contributed by atoms with Gasteiger partial charge in [-0.25, -0.2) is 4.79 Å². The van der Waals surface area contributed by atoms with Crippen molar-refractivity contribution in [2.24, 2.45) is 0 Å². The second-order valence-corrected chi connectivity index (χ2v) is 5.01. The van der Waals surface area contributed by atoms with E-state index in [1.807, 2.05) is 6.07 Å². The average Bonchev–Trinajstić information content (AvgIpc) is 2.37. The summed E-state index contributed by atoms with van der Waals surface area (Å²) in [4.78, 5) is 21.7. The molecule has 7 heteroatoms. The third kappa shape index (κ3) is 6.63. The van der Waals surface area contributed by atoms with E-state index >= 15 is 0 Å². The van der Waals surface area contributed by atoms with Crippen molar-refractivity contribution < 1.29 is 14.7 Å². The Kier molecular flexibility index (Phi) is 7.18. The first-order valence-corrected chi connectivity index (χ1v) is 6.92. The van der Waals surface area contributed by atoms with Gasteiger partial charge in [-0.15, -0.1) is 0 Å². The first kappa shape index (κ1) is 16.6. The topological polar surface area (TPSA) is 78.4 Å². The molecule has 0 heterocycles. The Morgan fingerprint density at radius 1 is 1.15 bits per heavy atom. The molecule has 0 aliphatic heterocycles. The number of urea groups is 1. The molecule has 1 aromatic rings. The molecule has 0 bridgehead atoms. The molecule has 1 rings (SSSR count). The summed E-state index contributed by atoms with van der Waals surface area (Å²) in [5, 5.41) is 14.8. The van der Waals surface area contributed by atoms with E-state index in [-0.39, 0.29) is 12.5 Å². The number of amides is 2. The van der Waals surface area contributed by atoms with Crippen LogP contribution in [-0.4, -0.2) is 30.2 Å². The van der Waals surface area contributed by atoms with Crippen molar-refractivity contribution in [3.05, 3.63) is 33.8 Å². The number of benzene rings is 1. The summed E-state index contributed by atoms with van der Waals surface area (Å²) < 4.78 is 0. The Hall–Kier alpha value is -1.46. The quantitative estimate of drug-likeness (QED) is 0.676.